The zero-order chi connectivity index (χ0) is 17.6. The summed E-state index contributed by atoms with van der Waals surface area (Å²) in [4.78, 5) is 29.1. The summed E-state index contributed by atoms with van der Waals surface area (Å²) in [6.07, 6.45) is 2.30. The summed E-state index contributed by atoms with van der Waals surface area (Å²) in [5.74, 6) is 1.47. The topological polar surface area (TPSA) is 71.5 Å². The first-order valence-electron chi connectivity index (χ1n) is 7.97. The predicted octanol–water partition coefficient (Wildman–Crippen LogP) is 3.11. The zero-order valence-corrected chi connectivity index (χ0v) is 17.4. The Morgan fingerprint density at radius 3 is 2.58 bits per heavy atom. The number of carbonyl (C=O) groups is 2. The maximum atomic E-state index is 11.6. The lowest BCUT2D eigenvalue weighted by Gasteiger charge is -2.18. The second-order valence-corrected chi connectivity index (χ2v) is 6.86. The summed E-state index contributed by atoms with van der Waals surface area (Å²) in [5, 5.41) is 1.69. The maximum absolute atomic E-state index is 11.6. The van der Waals surface area contributed by atoms with E-state index >= 15 is 0 Å². The fourth-order valence-electron chi connectivity index (χ4n) is 2.46. The Bertz CT molecular complexity index is 743. The number of hydrogen-bond acceptors (Lipinski definition) is 6. The van der Waals surface area contributed by atoms with Gasteiger partial charge in [0.1, 0.15) is 18.2 Å². The van der Waals surface area contributed by atoms with Gasteiger partial charge in [-0.1, -0.05) is 30.0 Å². The number of ether oxygens (including phenoxy) is 1. The molecule has 8 heteroatoms. The average molecular weight is 485 g/mol. The van der Waals surface area contributed by atoms with Crippen LogP contribution in [0.5, 0.6) is 5.75 Å². The largest absolute Gasteiger partial charge is 0.492 e. The first-order valence-corrected chi connectivity index (χ1v) is 8.85. The number of benzene rings is 1. The molecule has 1 fully saturated rings. The molecule has 138 valence electrons. The molecule has 2 aromatic rings. The molecule has 1 unspecified atom stereocenters. The number of thioether (sulfide) groups is 1. The van der Waals surface area contributed by atoms with Gasteiger partial charge >= 0.3 is 0 Å². The van der Waals surface area contributed by atoms with E-state index < -0.39 is 0 Å². The average Bonchev–Trinajstić information content (AvgIpc) is 2.94. The third-order valence-corrected chi connectivity index (χ3v) is 4.83. The molecule has 0 spiro atoms. The van der Waals surface area contributed by atoms with Gasteiger partial charge in [-0.15, -0.1) is 24.0 Å². The predicted molar refractivity (Wildman–Crippen MR) is 113 cm³/mol. The number of rotatable bonds is 7. The van der Waals surface area contributed by atoms with Crippen LogP contribution in [0.3, 0.4) is 0 Å². The van der Waals surface area contributed by atoms with Crippen LogP contribution >= 0.6 is 35.7 Å². The fraction of sp³-hybridized carbons (Fsp3) is 0.278. The Balaban J connectivity index is 0.00000243. The van der Waals surface area contributed by atoms with Crippen molar-refractivity contribution in [2.75, 3.05) is 25.1 Å². The molecule has 0 radical (unpaired) electrons. The molecule has 3 rings (SSSR count). The highest BCUT2D eigenvalue weighted by atomic mass is 127. The highest BCUT2D eigenvalue weighted by molar-refractivity contribution is 14.0. The van der Waals surface area contributed by atoms with E-state index in [-0.39, 0.29) is 40.4 Å². The van der Waals surface area contributed by atoms with Crippen LogP contribution in [-0.2, 0) is 11.2 Å². The first kappa shape index (κ1) is 20.5. The van der Waals surface area contributed by atoms with E-state index in [2.05, 4.69) is 10.3 Å². The zero-order valence-electron chi connectivity index (χ0n) is 14.3. The van der Waals surface area contributed by atoms with Gasteiger partial charge in [0.15, 0.2) is 0 Å². The van der Waals surface area contributed by atoms with E-state index in [0.717, 1.165) is 35.4 Å². The highest BCUT2D eigenvalue weighted by Crippen LogP contribution is 2.23. The molecular weight excluding hydrogens is 465 g/mol. The number of anilines is 1. The van der Waals surface area contributed by atoms with Crippen molar-refractivity contribution in [3.63, 3.8) is 0 Å². The van der Waals surface area contributed by atoms with Crippen molar-refractivity contribution in [3.05, 3.63) is 54.2 Å². The van der Waals surface area contributed by atoms with Crippen molar-refractivity contribution in [2.45, 2.75) is 11.7 Å². The van der Waals surface area contributed by atoms with Gasteiger partial charge in [0.25, 0.3) is 5.24 Å². The molecule has 6 nitrogen and oxygen atoms in total. The Labute approximate surface area is 173 Å². The molecule has 1 saturated heterocycles. The molecule has 0 bridgehead atoms. The summed E-state index contributed by atoms with van der Waals surface area (Å²) in [7, 11) is 1.97. The van der Waals surface area contributed by atoms with Gasteiger partial charge in [-0.05, 0) is 36.2 Å². The molecule has 2 amide bonds. The van der Waals surface area contributed by atoms with Crippen molar-refractivity contribution >= 4 is 52.7 Å². The second-order valence-electron chi connectivity index (χ2n) is 5.69. The lowest BCUT2D eigenvalue weighted by atomic mass is 10.1. The molecule has 1 aromatic heterocycles. The van der Waals surface area contributed by atoms with Crippen molar-refractivity contribution in [2.24, 2.45) is 0 Å². The number of halogens is 1. The minimum Gasteiger partial charge on any atom is -0.492 e. The van der Waals surface area contributed by atoms with E-state index in [1.165, 1.54) is 0 Å². The van der Waals surface area contributed by atoms with Gasteiger partial charge < -0.3 is 9.64 Å². The fourth-order valence-corrected chi connectivity index (χ4v) is 3.32. The SMILES string of the molecule is CN(CCOc1ccc(CC2SC(=O)NC2=O)cc1)c1ccccn1.I. The van der Waals surface area contributed by atoms with Crippen molar-refractivity contribution in [1.82, 2.24) is 10.3 Å². The number of nitrogens with zero attached hydrogens (tertiary/aromatic N) is 2. The Kier molecular flexibility index (Phi) is 7.70. The normalized spacial score (nSPS) is 16.0. The van der Waals surface area contributed by atoms with E-state index in [9.17, 15) is 9.59 Å². The molecule has 1 N–H and O–H groups in total. The van der Waals surface area contributed by atoms with Crippen LogP contribution in [0.1, 0.15) is 5.56 Å². The van der Waals surface area contributed by atoms with Crippen LogP contribution in [0.4, 0.5) is 10.6 Å². The van der Waals surface area contributed by atoms with Crippen molar-refractivity contribution in [3.8, 4) is 5.75 Å². The van der Waals surface area contributed by atoms with Crippen LogP contribution in [0.15, 0.2) is 48.7 Å². The third-order valence-electron chi connectivity index (χ3n) is 3.85. The standard InChI is InChI=1S/C18H19N3O3S.HI/c1-21(16-4-2-3-9-19-16)10-11-24-14-7-5-13(6-8-14)12-15-17(22)20-18(23)25-15;/h2-9,15H,10-12H2,1H3,(H,20,22,23);1H. The smallest absolute Gasteiger partial charge is 0.286 e. The lowest BCUT2D eigenvalue weighted by Crippen LogP contribution is -2.25. The number of pyridine rings is 1. The number of amides is 2. The van der Waals surface area contributed by atoms with Gasteiger partial charge in [-0.25, -0.2) is 4.98 Å². The van der Waals surface area contributed by atoms with E-state index in [4.69, 9.17) is 4.74 Å². The minimum atomic E-state index is -0.341. The number of hydrogen-bond donors (Lipinski definition) is 1. The van der Waals surface area contributed by atoms with Crippen LogP contribution in [0, 0.1) is 0 Å². The van der Waals surface area contributed by atoms with Gasteiger partial charge in [0.2, 0.25) is 5.91 Å². The summed E-state index contributed by atoms with van der Waals surface area (Å²) in [5.41, 5.74) is 1.00. The summed E-state index contributed by atoms with van der Waals surface area (Å²) >= 11 is 1.05. The number of likely N-dealkylation sites (N-methyl/N-ethyl adjacent to an activating group) is 1. The Morgan fingerprint density at radius 2 is 1.96 bits per heavy atom. The van der Waals surface area contributed by atoms with Gasteiger partial charge in [0.05, 0.1) is 11.8 Å². The van der Waals surface area contributed by atoms with E-state index in [1.807, 2.05) is 54.4 Å². The summed E-state index contributed by atoms with van der Waals surface area (Å²) in [6, 6.07) is 13.4. The van der Waals surface area contributed by atoms with Crippen LogP contribution in [0.25, 0.3) is 0 Å². The minimum absolute atomic E-state index is 0. The van der Waals surface area contributed by atoms with Gasteiger partial charge in [0, 0.05) is 13.2 Å². The molecule has 26 heavy (non-hydrogen) atoms. The highest BCUT2D eigenvalue weighted by Gasteiger charge is 2.31. The number of imide groups is 1. The van der Waals surface area contributed by atoms with Crippen LogP contribution < -0.4 is 15.0 Å². The number of nitrogens with one attached hydrogen (secondary N) is 1. The number of aromatic nitrogens is 1. The maximum Gasteiger partial charge on any atom is 0.286 e. The van der Waals surface area contributed by atoms with Crippen LogP contribution in [0.2, 0.25) is 0 Å². The second kappa shape index (κ2) is 9.77. The van der Waals surface area contributed by atoms with Crippen LogP contribution in [-0.4, -0.2) is 41.6 Å². The van der Waals surface area contributed by atoms with Gasteiger partial charge in [-0.3, -0.25) is 14.9 Å². The molecule has 1 atom stereocenters. The van der Waals surface area contributed by atoms with Crippen molar-refractivity contribution < 1.29 is 14.3 Å². The molecular formula is C18H20IN3O3S. The molecule has 0 aliphatic carbocycles. The molecule has 2 heterocycles. The summed E-state index contributed by atoms with van der Waals surface area (Å²) < 4.78 is 5.75. The molecule has 1 aliphatic heterocycles. The molecule has 0 saturated carbocycles. The van der Waals surface area contributed by atoms with E-state index in [1.54, 1.807) is 6.20 Å². The Morgan fingerprint density at radius 1 is 1.19 bits per heavy atom. The quantitative estimate of drug-likeness (QED) is 0.608. The molecule has 1 aromatic carbocycles. The lowest BCUT2D eigenvalue weighted by molar-refractivity contribution is -0.118. The van der Waals surface area contributed by atoms with E-state index in [0.29, 0.717) is 13.0 Å². The summed E-state index contributed by atoms with van der Waals surface area (Å²) in [6.45, 7) is 1.27. The third kappa shape index (κ3) is 5.60. The van der Waals surface area contributed by atoms with Gasteiger partial charge in [-0.2, -0.15) is 0 Å². The monoisotopic (exact) mass is 485 g/mol. The first-order chi connectivity index (χ1) is 12.1. The molecule has 1 aliphatic rings. The number of carbonyl (C=O) groups excluding carboxylic acids is 2. The van der Waals surface area contributed by atoms with Crippen molar-refractivity contribution in [1.29, 1.82) is 0 Å². The Hall–Kier alpha value is -1.81.